The molecular weight excluding hydrogens is 180 g/mol. The number of guanidine groups is 1. The topological polar surface area (TPSA) is 62.5 Å². The fraction of sp³-hybridized carbons (Fsp3) is 0.556. The Hall–Kier alpha value is -1.52. The molecule has 0 saturated carbocycles. The van der Waals surface area contributed by atoms with Gasteiger partial charge in [-0.2, -0.15) is 0 Å². The summed E-state index contributed by atoms with van der Waals surface area (Å²) in [5, 5.41) is 6.32. The molecule has 1 aromatic heterocycles. The fourth-order valence-electron chi connectivity index (χ4n) is 1.33. The first-order valence-electron chi connectivity index (χ1n) is 4.73. The number of oxazole rings is 1. The minimum absolute atomic E-state index is 0.0491. The zero-order chi connectivity index (χ0) is 9.97. The first-order valence-corrected chi connectivity index (χ1v) is 4.73. The van der Waals surface area contributed by atoms with Crippen molar-refractivity contribution < 1.29 is 4.42 Å². The third-order valence-electron chi connectivity index (χ3n) is 2.04. The van der Waals surface area contributed by atoms with Gasteiger partial charge in [-0.3, -0.25) is 4.99 Å². The molecule has 2 N–H and O–H groups in total. The van der Waals surface area contributed by atoms with E-state index >= 15 is 0 Å². The summed E-state index contributed by atoms with van der Waals surface area (Å²) in [4.78, 5) is 8.38. The van der Waals surface area contributed by atoms with E-state index in [0.717, 1.165) is 24.8 Å². The average Bonchev–Trinajstić information content (AvgIpc) is 2.75. The molecule has 1 aromatic rings. The van der Waals surface area contributed by atoms with E-state index in [9.17, 15) is 0 Å². The number of rotatable bonds is 2. The van der Waals surface area contributed by atoms with Crippen LogP contribution in [0.4, 0.5) is 0 Å². The van der Waals surface area contributed by atoms with Gasteiger partial charge in [0.2, 0.25) is 5.89 Å². The van der Waals surface area contributed by atoms with Gasteiger partial charge in [-0.1, -0.05) is 0 Å². The second kappa shape index (κ2) is 3.69. The molecule has 0 bridgehead atoms. The quantitative estimate of drug-likeness (QED) is 0.723. The molecule has 0 radical (unpaired) electrons. The van der Waals surface area contributed by atoms with Crippen molar-refractivity contribution in [2.75, 3.05) is 13.1 Å². The molecule has 1 atom stereocenters. The Morgan fingerprint density at radius 2 is 2.50 bits per heavy atom. The van der Waals surface area contributed by atoms with Crippen molar-refractivity contribution in [1.29, 1.82) is 0 Å². The van der Waals surface area contributed by atoms with E-state index in [1.807, 2.05) is 13.8 Å². The van der Waals surface area contributed by atoms with Crippen LogP contribution in [0.25, 0.3) is 0 Å². The summed E-state index contributed by atoms with van der Waals surface area (Å²) in [5.74, 6) is 2.35. The summed E-state index contributed by atoms with van der Waals surface area (Å²) in [5.41, 5.74) is 0. The SMILES string of the molecule is Cc1cnc(C(C)NC2=NCCN2)o1. The number of hydrogen-bond acceptors (Lipinski definition) is 5. The van der Waals surface area contributed by atoms with Gasteiger partial charge in [0.15, 0.2) is 5.96 Å². The van der Waals surface area contributed by atoms with Crippen molar-refractivity contribution >= 4 is 5.96 Å². The summed E-state index contributed by atoms with van der Waals surface area (Å²) < 4.78 is 5.40. The smallest absolute Gasteiger partial charge is 0.216 e. The van der Waals surface area contributed by atoms with Gasteiger partial charge >= 0.3 is 0 Å². The Bertz CT molecular complexity index is 344. The molecule has 0 spiro atoms. The fourth-order valence-corrected chi connectivity index (χ4v) is 1.33. The van der Waals surface area contributed by atoms with Crippen LogP contribution in [0.2, 0.25) is 0 Å². The van der Waals surface area contributed by atoms with E-state index in [0.29, 0.717) is 5.89 Å². The van der Waals surface area contributed by atoms with Crippen LogP contribution in [-0.2, 0) is 0 Å². The number of nitrogens with one attached hydrogen (secondary N) is 2. The molecular formula is C9H14N4O. The molecule has 76 valence electrons. The molecule has 0 aliphatic carbocycles. The minimum Gasteiger partial charge on any atom is -0.444 e. The average molecular weight is 194 g/mol. The van der Waals surface area contributed by atoms with Crippen LogP contribution in [0, 0.1) is 6.92 Å². The largest absolute Gasteiger partial charge is 0.444 e. The lowest BCUT2D eigenvalue weighted by Gasteiger charge is -2.11. The predicted molar refractivity (Wildman–Crippen MR) is 53.1 cm³/mol. The summed E-state index contributed by atoms with van der Waals surface area (Å²) in [6, 6.07) is 0.0491. The van der Waals surface area contributed by atoms with Crippen LogP contribution in [-0.4, -0.2) is 24.0 Å². The molecule has 0 aromatic carbocycles. The van der Waals surface area contributed by atoms with Crippen LogP contribution in [0.5, 0.6) is 0 Å². The third kappa shape index (κ3) is 1.86. The Kier molecular flexibility index (Phi) is 2.39. The van der Waals surface area contributed by atoms with Crippen LogP contribution in [0.15, 0.2) is 15.6 Å². The first-order chi connectivity index (χ1) is 6.75. The van der Waals surface area contributed by atoms with Crippen molar-refractivity contribution in [2.24, 2.45) is 4.99 Å². The van der Waals surface area contributed by atoms with Gasteiger partial charge in [0.05, 0.1) is 12.7 Å². The van der Waals surface area contributed by atoms with Gasteiger partial charge in [-0.25, -0.2) is 4.98 Å². The van der Waals surface area contributed by atoms with Crippen molar-refractivity contribution in [3.8, 4) is 0 Å². The zero-order valence-electron chi connectivity index (χ0n) is 8.37. The maximum atomic E-state index is 5.40. The molecule has 0 amide bonds. The van der Waals surface area contributed by atoms with Crippen molar-refractivity contribution in [2.45, 2.75) is 19.9 Å². The Labute approximate surface area is 82.6 Å². The molecule has 0 saturated heterocycles. The second-order valence-corrected chi connectivity index (χ2v) is 3.33. The number of nitrogens with zero attached hydrogens (tertiary/aromatic N) is 2. The minimum atomic E-state index is 0.0491. The van der Waals surface area contributed by atoms with E-state index in [1.54, 1.807) is 6.20 Å². The third-order valence-corrected chi connectivity index (χ3v) is 2.04. The van der Waals surface area contributed by atoms with Crippen molar-refractivity contribution in [3.63, 3.8) is 0 Å². The molecule has 2 heterocycles. The maximum absolute atomic E-state index is 5.40. The molecule has 2 rings (SSSR count). The van der Waals surface area contributed by atoms with Gasteiger partial charge < -0.3 is 15.1 Å². The van der Waals surface area contributed by atoms with E-state index < -0.39 is 0 Å². The molecule has 1 aliphatic rings. The van der Waals surface area contributed by atoms with Gasteiger partial charge in [-0.15, -0.1) is 0 Å². The second-order valence-electron chi connectivity index (χ2n) is 3.33. The van der Waals surface area contributed by atoms with Crippen molar-refractivity contribution in [3.05, 3.63) is 17.8 Å². The maximum Gasteiger partial charge on any atom is 0.216 e. The summed E-state index contributed by atoms with van der Waals surface area (Å²) in [6.45, 7) is 5.61. The van der Waals surface area contributed by atoms with Gasteiger partial charge in [-0.05, 0) is 13.8 Å². The lowest BCUT2D eigenvalue weighted by molar-refractivity contribution is 0.428. The predicted octanol–water partition coefficient (Wildman–Crippen LogP) is 0.593. The van der Waals surface area contributed by atoms with Gasteiger partial charge in [0.25, 0.3) is 0 Å². The van der Waals surface area contributed by atoms with Crippen LogP contribution in [0.1, 0.15) is 24.6 Å². The lowest BCUT2D eigenvalue weighted by Crippen LogP contribution is -2.35. The number of hydrogen-bond donors (Lipinski definition) is 2. The van der Waals surface area contributed by atoms with Crippen LogP contribution >= 0.6 is 0 Å². The normalized spacial score (nSPS) is 17.4. The monoisotopic (exact) mass is 194 g/mol. The highest BCUT2D eigenvalue weighted by molar-refractivity contribution is 5.81. The molecule has 1 unspecified atom stereocenters. The molecule has 1 aliphatic heterocycles. The number of aryl methyl sites for hydroxylation is 1. The Morgan fingerprint density at radius 1 is 1.64 bits per heavy atom. The summed E-state index contributed by atoms with van der Waals surface area (Å²) in [6.07, 6.45) is 1.72. The molecule has 5 heteroatoms. The highest BCUT2D eigenvalue weighted by atomic mass is 16.4. The lowest BCUT2D eigenvalue weighted by atomic mass is 10.3. The van der Waals surface area contributed by atoms with Crippen LogP contribution in [0.3, 0.4) is 0 Å². The summed E-state index contributed by atoms with van der Waals surface area (Å²) >= 11 is 0. The Morgan fingerprint density at radius 3 is 3.07 bits per heavy atom. The van der Waals surface area contributed by atoms with E-state index in [-0.39, 0.29) is 6.04 Å². The van der Waals surface area contributed by atoms with E-state index in [1.165, 1.54) is 0 Å². The van der Waals surface area contributed by atoms with E-state index in [4.69, 9.17) is 4.42 Å². The number of aliphatic imine (C=N–C) groups is 1. The van der Waals surface area contributed by atoms with Crippen LogP contribution < -0.4 is 10.6 Å². The summed E-state index contributed by atoms with van der Waals surface area (Å²) in [7, 11) is 0. The highest BCUT2D eigenvalue weighted by Gasteiger charge is 2.14. The molecule has 0 fully saturated rings. The zero-order valence-corrected chi connectivity index (χ0v) is 8.37. The molecule has 14 heavy (non-hydrogen) atoms. The highest BCUT2D eigenvalue weighted by Crippen LogP contribution is 2.11. The standard InChI is InChI=1S/C9H14N4O/c1-6-5-12-8(14-6)7(2)13-9-10-3-4-11-9/h5,7H,3-4H2,1-2H3,(H2,10,11,13). The van der Waals surface area contributed by atoms with Gasteiger partial charge in [0.1, 0.15) is 11.8 Å². The van der Waals surface area contributed by atoms with Crippen molar-refractivity contribution in [1.82, 2.24) is 15.6 Å². The Balaban J connectivity index is 1.98. The van der Waals surface area contributed by atoms with Gasteiger partial charge in [0, 0.05) is 6.54 Å². The number of aromatic nitrogens is 1. The molecule has 5 nitrogen and oxygen atoms in total. The van der Waals surface area contributed by atoms with E-state index in [2.05, 4.69) is 20.6 Å². The first kappa shape index (κ1) is 9.05.